The summed E-state index contributed by atoms with van der Waals surface area (Å²) >= 11 is 3.44. The molecule has 2 N–H and O–H groups in total. The maximum atomic E-state index is 11.9. The lowest BCUT2D eigenvalue weighted by atomic mass is 10.1. The van der Waals surface area contributed by atoms with E-state index in [0.29, 0.717) is 5.69 Å². The van der Waals surface area contributed by atoms with Crippen molar-refractivity contribution in [2.24, 2.45) is 0 Å². The highest BCUT2D eigenvalue weighted by molar-refractivity contribution is 9.10. The number of rotatable bonds is 3. The molecule has 6 nitrogen and oxygen atoms in total. The van der Waals surface area contributed by atoms with Crippen LogP contribution in [0.15, 0.2) is 27.2 Å². The van der Waals surface area contributed by atoms with Crippen molar-refractivity contribution >= 4 is 33.5 Å². The van der Waals surface area contributed by atoms with Gasteiger partial charge in [-0.3, -0.25) is 4.79 Å². The van der Waals surface area contributed by atoms with E-state index in [9.17, 15) is 9.59 Å². The highest BCUT2D eigenvalue weighted by Gasteiger charge is 2.17. The van der Waals surface area contributed by atoms with Crippen LogP contribution in [0.2, 0.25) is 0 Å². The van der Waals surface area contributed by atoms with Crippen molar-refractivity contribution in [3.8, 4) is 0 Å². The van der Waals surface area contributed by atoms with Gasteiger partial charge in [0.15, 0.2) is 5.69 Å². The Morgan fingerprint density at radius 3 is 2.35 bits per heavy atom. The van der Waals surface area contributed by atoms with Crippen molar-refractivity contribution in [2.75, 3.05) is 5.32 Å². The van der Waals surface area contributed by atoms with E-state index in [-0.39, 0.29) is 11.5 Å². The van der Waals surface area contributed by atoms with Crippen LogP contribution in [-0.4, -0.2) is 22.1 Å². The third-order valence-corrected chi connectivity index (χ3v) is 3.90. The van der Waals surface area contributed by atoms with Crippen molar-refractivity contribution in [1.29, 1.82) is 0 Å². The molecular formula is C13H11BrN2O4. The van der Waals surface area contributed by atoms with Crippen molar-refractivity contribution in [3.05, 3.63) is 45.3 Å². The molecule has 0 atom stereocenters. The average molecular weight is 339 g/mol. The summed E-state index contributed by atoms with van der Waals surface area (Å²) in [6.45, 7) is 3.82. The van der Waals surface area contributed by atoms with E-state index in [0.717, 1.165) is 21.7 Å². The molecule has 1 heterocycles. The van der Waals surface area contributed by atoms with Crippen LogP contribution in [0, 0.1) is 13.8 Å². The first-order valence-corrected chi connectivity index (χ1v) is 6.46. The van der Waals surface area contributed by atoms with Gasteiger partial charge in [-0.25, -0.2) is 4.79 Å². The number of carbonyl (C=O) groups excluding carboxylic acids is 1. The Labute approximate surface area is 122 Å². The molecule has 0 spiro atoms. The van der Waals surface area contributed by atoms with Gasteiger partial charge < -0.3 is 14.9 Å². The first kappa shape index (κ1) is 14.3. The molecule has 1 aromatic carbocycles. The number of carboxylic acids is 1. The molecule has 0 aliphatic carbocycles. The molecule has 104 valence electrons. The lowest BCUT2D eigenvalue weighted by Gasteiger charge is -2.08. The third kappa shape index (κ3) is 2.88. The van der Waals surface area contributed by atoms with E-state index in [4.69, 9.17) is 5.11 Å². The number of halogens is 1. The van der Waals surface area contributed by atoms with E-state index < -0.39 is 11.9 Å². The second kappa shape index (κ2) is 5.46. The quantitative estimate of drug-likeness (QED) is 0.897. The Morgan fingerprint density at radius 1 is 1.25 bits per heavy atom. The van der Waals surface area contributed by atoms with Crippen molar-refractivity contribution in [2.45, 2.75) is 13.8 Å². The zero-order valence-electron chi connectivity index (χ0n) is 10.7. The summed E-state index contributed by atoms with van der Waals surface area (Å²) in [5.41, 5.74) is 2.48. The van der Waals surface area contributed by atoms with Crippen LogP contribution in [0.4, 0.5) is 5.69 Å². The maximum Gasteiger partial charge on any atom is 0.374 e. The Balaban J connectivity index is 2.21. The molecule has 1 amide bonds. The van der Waals surface area contributed by atoms with Gasteiger partial charge in [0, 0.05) is 16.2 Å². The summed E-state index contributed by atoms with van der Waals surface area (Å²) in [7, 11) is 0. The first-order valence-electron chi connectivity index (χ1n) is 5.66. The maximum absolute atomic E-state index is 11.9. The van der Waals surface area contributed by atoms with Gasteiger partial charge in [-0.2, -0.15) is 0 Å². The van der Waals surface area contributed by atoms with Crippen LogP contribution in [0.1, 0.15) is 32.2 Å². The fourth-order valence-corrected chi connectivity index (χ4v) is 1.93. The predicted molar refractivity (Wildman–Crippen MR) is 75.0 cm³/mol. The molecule has 0 radical (unpaired) electrons. The third-order valence-electron chi connectivity index (χ3n) is 2.65. The van der Waals surface area contributed by atoms with Gasteiger partial charge in [-0.1, -0.05) is 21.1 Å². The number of aryl methyl sites for hydroxylation is 2. The number of nitrogens with zero attached hydrogens (tertiary/aromatic N) is 1. The summed E-state index contributed by atoms with van der Waals surface area (Å²) in [6, 6.07) is 4.68. The van der Waals surface area contributed by atoms with Crippen LogP contribution < -0.4 is 5.32 Å². The van der Waals surface area contributed by atoms with Gasteiger partial charge in [-0.15, -0.1) is 0 Å². The van der Waals surface area contributed by atoms with E-state index in [1.54, 1.807) is 12.1 Å². The Morgan fingerprint density at radius 2 is 1.85 bits per heavy atom. The van der Waals surface area contributed by atoms with Crippen LogP contribution in [0.3, 0.4) is 0 Å². The van der Waals surface area contributed by atoms with Gasteiger partial charge in [0.2, 0.25) is 5.76 Å². The number of hydrogen-bond donors (Lipinski definition) is 2. The largest absolute Gasteiger partial charge is 0.475 e. The zero-order chi connectivity index (χ0) is 14.9. The minimum absolute atomic E-state index is 0.0828. The molecule has 0 aliphatic heterocycles. The van der Waals surface area contributed by atoms with E-state index in [2.05, 4.69) is 30.9 Å². The lowest BCUT2D eigenvalue weighted by molar-refractivity contribution is 0.0651. The number of amides is 1. The average Bonchev–Trinajstić information content (AvgIpc) is 2.85. The number of carbonyl (C=O) groups is 2. The number of nitrogens with one attached hydrogen (secondary N) is 1. The van der Waals surface area contributed by atoms with Gasteiger partial charge in [0.25, 0.3) is 5.91 Å². The molecule has 0 bridgehead atoms. The molecular weight excluding hydrogens is 328 g/mol. The lowest BCUT2D eigenvalue weighted by Crippen LogP contribution is -2.12. The Kier molecular flexibility index (Phi) is 3.89. The molecule has 1 aromatic heterocycles. The van der Waals surface area contributed by atoms with Gasteiger partial charge in [0.1, 0.15) is 0 Å². The predicted octanol–water partition coefficient (Wildman–Crippen LogP) is 3.00. The topological polar surface area (TPSA) is 92.4 Å². The Hall–Kier alpha value is -2.15. The fourth-order valence-electron chi connectivity index (χ4n) is 1.70. The van der Waals surface area contributed by atoms with Crippen molar-refractivity contribution in [3.63, 3.8) is 0 Å². The number of aromatic nitrogens is 1. The normalized spacial score (nSPS) is 10.3. The van der Waals surface area contributed by atoms with Crippen LogP contribution in [0.5, 0.6) is 0 Å². The molecule has 7 heteroatoms. The highest BCUT2D eigenvalue weighted by atomic mass is 79.9. The number of hydrogen-bond acceptors (Lipinski definition) is 4. The summed E-state index contributed by atoms with van der Waals surface area (Å²) in [5.74, 6) is -2.17. The second-order valence-corrected chi connectivity index (χ2v) is 5.05. The van der Waals surface area contributed by atoms with Crippen LogP contribution in [0.25, 0.3) is 0 Å². The molecule has 0 fully saturated rings. The van der Waals surface area contributed by atoms with E-state index >= 15 is 0 Å². The van der Waals surface area contributed by atoms with E-state index in [1.807, 2.05) is 13.8 Å². The molecule has 2 rings (SSSR count). The summed E-state index contributed by atoms with van der Waals surface area (Å²) in [5, 5.41) is 14.8. The Bertz CT molecular complexity index is 670. The van der Waals surface area contributed by atoms with Crippen molar-refractivity contribution < 1.29 is 19.2 Å². The summed E-state index contributed by atoms with van der Waals surface area (Å²) in [6.07, 6.45) is 0. The smallest absolute Gasteiger partial charge is 0.374 e. The second-order valence-electron chi connectivity index (χ2n) is 4.26. The molecule has 0 aliphatic rings. The first-order chi connectivity index (χ1) is 9.38. The standard InChI is InChI=1S/C13H11BrN2O4/c1-6-3-8(4-7(2)11(6)14)15-12(17)9-5-10(13(18)19)20-16-9/h3-5H,1-2H3,(H,15,17)(H,18,19). The zero-order valence-corrected chi connectivity index (χ0v) is 12.3. The summed E-state index contributed by atoms with van der Waals surface area (Å²) in [4.78, 5) is 22.6. The minimum atomic E-state index is -1.27. The number of benzene rings is 1. The van der Waals surface area contributed by atoms with E-state index in [1.165, 1.54) is 0 Å². The monoisotopic (exact) mass is 338 g/mol. The number of anilines is 1. The van der Waals surface area contributed by atoms with Gasteiger partial charge in [-0.05, 0) is 37.1 Å². The SMILES string of the molecule is Cc1cc(NC(=O)c2cc(C(=O)O)on2)cc(C)c1Br. The van der Waals surface area contributed by atoms with Gasteiger partial charge in [0.05, 0.1) is 0 Å². The molecule has 20 heavy (non-hydrogen) atoms. The number of carboxylic acid groups (broad SMARTS) is 1. The summed E-state index contributed by atoms with van der Waals surface area (Å²) < 4.78 is 5.51. The van der Waals surface area contributed by atoms with Crippen LogP contribution >= 0.6 is 15.9 Å². The molecule has 2 aromatic rings. The molecule has 0 unspecified atom stereocenters. The highest BCUT2D eigenvalue weighted by Crippen LogP contribution is 2.25. The van der Waals surface area contributed by atoms with Crippen molar-refractivity contribution in [1.82, 2.24) is 5.16 Å². The molecule has 0 saturated carbocycles. The molecule has 0 saturated heterocycles. The number of aromatic carboxylic acids is 1. The fraction of sp³-hybridized carbons (Fsp3) is 0.154. The van der Waals surface area contributed by atoms with Gasteiger partial charge >= 0.3 is 5.97 Å². The minimum Gasteiger partial charge on any atom is -0.475 e. The van der Waals surface area contributed by atoms with Crippen LogP contribution in [-0.2, 0) is 0 Å².